The van der Waals surface area contributed by atoms with Gasteiger partial charge in [-0.1, -0.05) is 28.1 Å². The molecular weight excluding hydrogens is 554 g/mol. The van der Waals surface area contributed by atoms with Crippen molar-refractivity contribution in [1.29, 1.82) is 0 Å². The molecule has 0 saturated carbocycles. The Morgan fingerprint density at radius 2 is 1.57 bits per heavy atom. The predicted molar refractivity (Wildman–Crippen MR) is 141 cm³/mol. The first-order chi connectivity index (χ1) is 16.9. The van der Waals surface area contributed by atoms with Gasteiger partial charge in [0.1, 0.15) is 0 Å². The van der Waals surface area contributed by atoms with E-state index < -0.39 is 10.0 Å². The highest BCUT2D eigenvalue weighted by Gasteiger charge is 2.29. The summed E-state index contributed by atoms with van der Waals surface area (Å²) in [6.07, 6.45) is 0.617. The van der Waals surface area contributed by atoms with Crippen LogP contribution >= 0.6 is 27.3 Å². The van der Waals surface area contributed by atoms with E-state index >= 15 is 0 Å². The number of thiazole rings is 1. The summed E-state index contributed by atoms with van der Waals surface area (Å²) in [5, 5.41) is 3.63. The zero-order valence-electron chi connectivity index (χ0n) is 19.9. The minimum atomic E-state index is -3.51. The number of anilines is 1. The van der Waals surface area contributed by atoms with Gasteiger partial charge in [0.05, 0.1) is 31.9 Å². The monoisotopic (exact) mass is 581 g/mol. The number of piperazine rings is 1. The quantitative estimate of drug-likeness (QED) is 0.351. The van der Waals surface area contributed by atoms with E-state index in [4.69, 9.17) is 19.2 Å². The van der Waals surface area contributed by atoms with Crippen molar-refractivity contribution < 1.29 is 22.6 Å². The fraction of sp³-hybridized carbons (Fsp3) is 0.375. The highest BCUT2D eigenvalue weighted by Crippen LogP contribution is 2.39. The number of rotatable bonds is 9. The normalized spacial score (nSPS) is 14.7. The third-order valence-corrected chi connectivity index (χ3v) is 9.38. The lowest BCUT2D eigenvalue weighted by atomic mass is 10.1. The number of hydrogen-bond acceptors (Lipinski definition) is 8. The van der Waals surface area contributed by atoms with Gasteiger partial charge in [0.15, 0.2) is 16.6 Å². The molecule has 4 rings (SSSR count). The van der Waals surface area contributed by atoms with E-state index in [0.29, 0.717) is 60.1 Å². The summed E-state index contributed by atoms with van der Waals surface area (Å²) < 4.78 is 43.9. The lowest BCUT2D eigenvalue weighted by Crippen LogP contribution is -2.48. The number of nitrogens with zero attached hydrogens (tertiary/aromatic N) is 3. The molecule has 0 aliphatic carbocycles. The SMILES string of the molecule is COc1cc(Cc2csc(N3CCN(S(=O)(=O)c4ccc(CBr)cc4)CC3)n2)cc(OC)c1OC. The van der Waals surface area contributed by atoms with Gasteiger partial charge in [-0.05, 0) is 35.4 Å². The summed E-state index contributed by atoms with van der Waals surface area (Å²) in [6, 6.07) is 10.9. The van der Waals surface area contributed by atoms with Crippen molar-refractivity contribution >= 4 is 42.4 Å². The highest BCUT2D eigenvalue weighted by atomic mass is 79.9. The molecular formula is C24H28BrN3O5S2. The Bertz CT molecular complexity index is 1230. The Morgan fingerprint density at radius 3 is 2.11 bits per heavy atom. The van der Waals surface area contributed by atoms with Gasteiger partial charge in [0, 0.05) is 43.3 Å². The van der Waals surface area contributed by atoms with E-state index in [1.807, 2.05) is 29.6 Å². The zero-order chi connectivity index (χ0) is 25.0. The van der Waals surface area contributed by atoms with Gasteiger partial charge in [-0.3, -0.25) is 0 Å². The molecule has 0 spiro atoms. The third kappa shape index (κ3) is 5.58. The molecule has 0 unspecified atom stereocenters. The van der Waals surface area contributed by atoms with E-state index in [9.17, 15) is 8.42 Å². The van der Waals surface area contributed by atoms with Crippen LogP contribution in [0.5, 0.6) is 17.2 Å². The minimum Gasteiger partial charge on any atom is -0.493 e. The van der Waals surface area contributed by atoms with Crippen molar-refractivity contribution in [2.75, 3.05) is 52.4 Å². The van der Waals surface area contributed by atoms with Crippen LogP contribution in [-0.4, -0.2) is 65.2 Å². The molecule has 2 aromatic carbocycles. The molecule has 2 heterocycles. The van der Waals surface area contributed by atoms with Crippen LogP contribution in [0.25, 0.3) is 0 Å². The summed E-state index contributed by atoms with van der Waals surface area (Å²) in [5.41, 5.74) is 2.97. The van der Waals surface area contributed by atoms with Crippen molar-refractivity contribution in [3.8, 4) is 17.2 Å². The summed E-state index contributed by atoms with van der Waals surface area (Å²) in [6.45, 7) is 2.03. The Kier molecular flexibility index (Phi) is 8.20. The summed E-state index contributed by atoms with van der Waals surface area (Å²) in [7, 11) is 1.27. The second-order valence-electron chi connectivity index (χ2n) is 8.00. The lowest BCUT2D eigenvalue weighted by Gasteiger charge is -2.33. The molecule has 1 saturated heterocycles. The summed E-state index contributed by atoms with van der Waals surface area (Å²) >= 11 is 4.96. The van der Waals surface area contributed by atoms with E-state index in [1.54, 1.807) is 49.1 Å². The standard InChI is InChI=1S/C24H28BrN3O5S2/c1-31-21-13-18(14-22(32-2)23(21)33-3)12-19-16-34-24(26-19)27-8-10-28(11-9-27)35(29,30)20-6-4-17(15-25)5-7-20/h4-7,13-14,16H,8-12,15H2,1-3H3. The zero-order valence-corrected chi connectivity index (χ0v) is 23.1. The Morgan fingerprint density at radius 1 is 0.943 bits per heavy atom. The first-order valence-corrected chi connectivity index (χ1v) is 14.5. The van der Waals surface area contributed by atoms with Gasteiger partial charge >= 0.3 is 0 Å². The molecule has 0 atom stereocenters. The fourth-order valence-corrected chi connectivity index (χ4v) is 6.66. The topological polar surface area (TPSA) is 81.2 Å². The average Bonchev–Trinajstić information content (AvgIpc) is 3.36. The second kappa shape index (κ2) is 11.2. The Hall–Kier alpha value is -2.34. The molecule has 11 heteroatoms. The molecule has 1 aliphatic rings. The molecule has 1 fully saturated rings. The number of benzene rings is 2. The molecule has 0 amide bonds. The Balaban J connectivity index is 1.41. The first-order valence-electron chi connectivity index (χ1n) is 11.0. The van der Waals surface area contributed by atoms with Crippen LogP contribution in [0.3, 0.4) is 0 Å². The molecule has 0 N–H and O–H groups in total. The van der Waals surface area contributed by atoms with E-state index in [0.717, 1.165) is 22.0 Å². The molecule has 0 radical (unpaired) electrons. The number of methoxy groups -OCH3 is 3. The molecule has 8 nitrogen and oxygen atoms in total. The molecule has 0 bridgehead atoms. The largest absolute Gasteiger partial charge is 0.493 e. The molecule has 1 aromatic heterocycles. The van der Waals surface area contributed by atoms with Gasteiger partial charge in [-0.25, -0.2) is 13.4 Å². The van der Waals surface area contributed by atoms with Crippen molar-refractivity contribution in [2.24, 2.45) is 0 Å². The van der Waals surface area contributed by atoms with Crippen LogP contribution in [-0.2, 0) is 21.8 Å². The van der Waals surface area contributed by atoms with Crippen molar-refractivity contribution in [3.05, 3.63) is 58.6 Å². The van der Waals surface area contributed by atoms with Gasteiger partial charge in [0.25, 0.3) is 0 Å². The number of ether oxygens (including phenoxy) is 3. The maximum Gasteiger partial charge on any atom is 0.243 e. The highest BCUT2D eigenvalue weighted by molar-refractivity contribution is 9.08. The molecule has 188 valence electrons. The van der Waals surface area contributed by atoms with Crippen molar-refractivity contribution in [2.45, 2.75) is 16.6 Å². The minimum absolute atomic E-state index is 0.331. The van der Waals surface area contributed by atoms with Crippen LogP contribution in [0.4, 0.5) is 5.13 Å². The first kappa shape index (κ1) is 25.7. The van der Waals surface area contributed by atoms with Crippen molar-refractivity contribution in [3.63, 3.8) is 0 Å². The molecule has 3 aromatic rings. The number of sulfonamides is 1. The Labute approximate surface area is 218 Å². The van der Waals surface area contributed by atoms with E-state index in [2.05, 4.69) is 20.8 Å². The summed E-state index contributed by atoms with van der Waals surface area (Å²) in [4.78, 5) is 7.28. The van der Waals surface area contributed by atoms with Gasteiger partial charge in [-0.15, -0.1) is 11.3 Å². The third-order valence-electron chi connectivity index (χ3n) is 5.87. The molecule has 35 heavy (non-hydrogen) atoms. The number of halogens is 1. The van der Waals surface area contributed by atoms with Crippen LogP contribution in [0.15, 0.2) is 46.7 Å². The van der Waals surface area contributed by atoms with Gasteiger partial charge in [0.2, 0.25) is 15.8 Å². The van der Waals surface area contributed by atoms with E-state index in [-0.39, 0.29) is 0 Å². The number of aromatic nitrogens is 1. The maximum atomic E-state index is 13.0. The number of hydrogen-bond donors (Lipinski definition) is 0. The predicted octanol–water partition coefficient (Wildman–Crippen LogP) is 4.17. The van der Waals surface area contributed by atoms with Crippen LogP contribution < -0.4 is 19.1 Å². The van der Waals surface area contributed by atoms with Crippen LogP contribution in [0, 0.1) is 0 Å². The van der Waals surface area contributed by atoms with Crippen molar-refractivity contribution in [1.82, 2.24) is 9.29 Å². The fourth-order valence-electron chi connectivity index (χ4n) is 3.99. The van der Waals surface area contributed by atoms with Gasteiger partial charge < -0.3 is 19.1 Å². The van der Waals surface area contributed by atoms with Crippen LogP contribution in [0.1, 0.15) is 16.8 Å². The van der Waals surface area contributed by atoms with Gasteiger partial charge in [-0.2, -0.15) is 4.31 Å². The molecule has 1 aliphatic heterocycles. The lowest BCUT2D eigenvalue weighted by molar-refractivity contribution is 0.324. The van der Waals surface area contributed by atoms with Crippen LogP contribution in [0.2, 0.25) is 0 Å². The summed E-state index contributed by atoms with van der Waals surface area (Å²) in [5.74, 6) is 1.78. The second-order valence-corrected chi connectivity index (χ2v) is 11.3. The smallest absolute Gasteiger partial charge is 0.243 e. The van der Waals surface area contributed by atoms with E-state index in [1.165, 1.54) is 0 Å². The average molecular weight is 583 g/mol. The maximum absolute atomic E-state index is 13.0. The number of alkyl halides is 1.